The smallest absolute Gasteiger partial charge is 0.0591 e. The van der Waals surface area contributed by atoms with E-state index in [2.05, 4.69) is 57.3 Å². The minimum Gasteiger partial charge on any atom is -0.380 e. The van der Waals surface area contributed by atoms with E-state index in [-0.39, 0.29) is 5.54 Å². The number of hydrogen-bond donors (Lipinski definition) is 1. The molecule has 0 aliphatic carbocycles. The third kappa shape index (κ3) is 6.77. The average molecular weight is 249 g/mol. The van der Waals surface area contributed by atoms with Crippen molar-refractivity contribution >= 4 is 0 Å². The molecular weight excluding hydrogens is 222 g/mol. The van der Waals surface area contributed by atoms with Gasteiger partial charge < -0.3 is 10.1 Å². The van der Waals surface area contributed by atoms with Gasteiger partial charge >= 0.3 is 0 Å². The van der Waals surface area contributed by atoms with Crippen LogP contribution in [0.4, 0.5) is 0 Å². The Morgan fingerprint density at radius 1 is 1.00 bits per heavy atom. The molecule has 0 bridgehead atoms. The van der Waals surface area contributed by atoms with Gasteiger partial charge in [-0.1, -0.05) is 31.2 Å². The molecular formula is C16H27NO. The van der Waals surface area contributed by atoms with Gasteiger partial charge in [0.1, 0.15) is 0 Å². The van der Waals surface area contributed by atoms with E-state index >= 15 is 0 Å². The second-order valence-electron chi connectivity index (χ2n) is 5.71. The molecule has 0 heterocycles. The fraction of sp³-hybridized carbons (Fsp3) is 0.625. The molecule has 0 aromatic heterocycles. The van der Waals surface area contributed by atoms with Crippen LogP contribution in [0.3, 0.4) is 0 Å². The van der Waals surface area contributed by atoms with Crippen molar-refractivity contribution in [2.45, 2.75) is 46.1 Å². The first kappa shape index (κ1) is 15.2. The van der Waals surface area contributed by atoms with Crippen LogP contribution in [0.5, 0.6) is 0 Å². The van der Waals surface area contributed by atoms with Crippen LogP contribution in [-0.2, 0) is 17.6 Å². The second-order valence-corrected chi connectivity index (χ2v) is 5.71. The van der Waals surface area contributed by atoms with Gasteiger partial charge in [-0.3, -0.25) is 0 Å². The Hall–Kier alpha value is -0.860. The highest BCUT2D eigenvalue weighted by atomic mass is 16.5. The fourth-order valence-electron chi connectivity index (χ4n) is 1.73. The predicted octanol–water partition coefficient (Wildman–Crippen LogP) is 3.20. The van der Waals surface area contributed by atoms with Crippen LogP contribution in [0.15, 0.2) is 24.3 Å². The summed E-state index contributed by atoms with van der Waals surface area (Å²) in [4.78, 5) is 0. The van der Waals surface area contributed by atoms with Gasteiger partial charge in [-0.15, -0.1) is 0 Å². The first-order valence-corrected chi connectivity index (χ1v) is 6.92. The molecule has 0 aliphatic rings. The Bertz CT molecular complexity index is 324. The Balaban J connectivity index is 2.10. The molecule has 2 nitrogen and oxygen atoms in total. The molecule has 0 saturated heterocycles. The Kier molecular flexibility index (Phi) is 6.37. The van der Waals surface area contributed by atoms with E-state index in [1.807, 2.05) is 0 Å². The van der Waals surface area contributed by atoms with Crippen LogP contribution in [-0.4, -0.2) is 25.3 Å². The van der Waals surface area contributed by atoms with Crippen LogP contribution in [0, 0.1) is 0 Å². The zero-order valence-electron chi connectivity index (χ0n) is 12.3. The molecule has 18 heavy (non-hydrogen) atoms. The van der Waals surface area contributed by atoms with E-state index in [9.17, 15) is 0 Å². The highest BCUT2D eigenvalue weighted by molar-refractivity contribution is 5.22. The quantitative estimate of drug-likeness (QED) is 0.749. The maximum atomic E-state index is 5.63. The van der Waals surface area contributed by atoms with Crippen molar-refractivity contribution in [1.29, 1.82) is 0 Å². The third-order valence-electron chi connectivity index (χ3n) is 2.87. The van der Waals surface area contributed by atoms with Crippen molar-refractivity contribution < 1.29 is 4.74 Å². The van der Waals surface area contributed by atoms with Crippen molar-refractivity contribution in [3.05, 3.63) is 35.4 Å². The standard InChI is InChI=1S/C16H27NO/c1-5-14-6-8-15(9-7-14)10-12-18-13-11-17-16(2,3)4/h6-9,17H,5,10-13H2,1-4H3. The van der Waals surface area contributed by atoms with E-state index < -0.39 is 0 Å². The van der Waals surface area contributed by atoms with Crippen molar-refractivity contribution in [2.75, 3.05) is 19.8 Å². The Labute approximate surface area is 112 Å². The first-order valence-electron chi connectivity index (χ1n) is 6.92. The summed E-state index contributed by atoms with van der Waals surface area (Å²) in [5, 5.41) is 3.41. The molecule has 102 valence electrons. The molecule has 1 N–H and O–H groups in total. The molecule has 0 atom stereocenters. The van der Waals surface area contributed by atoms with Crippen molar-refractivity contribution in [1.82, 2.24) is 5.32 Å². The molecule has 0 aliphatic heterocycles. The molecule has 0 saturated carbocycles. The van der Waals surface area contributed by atoms with Crippen LogP contribution >= 0.6 is 0 Å². The molecule has 1 aromatic carbocycles. The van der Waals surface area contributed by atoms with Crippen LogP contribution < -0.4 is 5.32 Å². The summed E-state index contributed by atoms with van der Waals surface area (Å²) in [6.07, 6.45) is 2.11. The SMILES string of the molecule is CCc1ccc(CCOCCNC(C)(C)C)cc1. The lowest BCUT2D eigenvalue weighted by Crippen LogP contribution is -2.38. The van der Waals surface area contributed by atoms with Gasteiger partial charge in [-0.2, -0.15) is 0 Å². The maximum absolute atomic E-state index is 5.63. The second kappa shape index (κ2) is 7.55. The largest absolute Gasteiger partial charge is 0.380 e. The van der Waals surface area contributed by atoms with E-state index in [1.165, 1.54) is 11.1 Å². The van der Waals surface area contributed by atoms with Gasteiger partial charge in [0.2, 0.25) is 0 Å². The molecule has 0 amide bonds. The molecule has 1 rings (SSSR count). The lowest BCUT2D eigenvalue weighted by Gasteiger charge is -2.20. The number of hydrogen-bond acceptors (Lipinski definition) is 2. The van der Waals surface area contributed by atoms with E-state index in [0.29, 0.717) is 0 Å². The number of rotatable bonds is 7. The summed E-state index contributed by atoms with van der Waals surface area (Å²) >= 11 is 0. The fourth-order valence-corrected chi connectivity index (χ4v) is 1.73. The van der Waals surface area contributed by atoms with Gasteiger partial charge in [0.25, 0.3) is 0 Å². The van der Waals surface area contributed by atoms with E-state index in [0.717, 1.165) is 32.6 Å². The number of nitrogens with one attached hydrogen (secondary N) is 1. The lowest BCUT2D eigenvalue weighted by atomic mass is 10.1. The van der Waals surface area contributed by atoms with Crippen molar-refractivity contribution in [2.24, 2.45) is 0 Å². The van der Waals surface area contributed by atoms with Crippen LogP contribution in [0.1, 0.15) is 38.8 Å². The minimum atomic E-state index is 0.180. The van der Waals surface area contributed by atoms with Gasteiger partial charge in [0.15, 0.2) is 0 Å². The number of ether oxygens (including phenoxy) is 1. The molecule has 0 unspecified atom stereocenters. The van der Waals surface area contributed by atoms with Crippen molar-refractivity contribution in [3.63, 3.8) is 0 Å². The zero-order valence-corrected chi connectivity index (χ0v) is 12.3. The lowest BCUT2D eigenvalue weighted by molar-refractivity contribution is 0.133. The topological polar surface area (TPSA) is 21.3 Å². The third-order valence-corrected chi connectivity index (χ3v) is 2.87. The maximum Gasteiger partial charge on any atom is 0.0591 e. The molecule has 0 fully saturated rings. The zero-order chi connectivity index (χ0) is 13.4. The van der Waals surface area contributed by atoms with Gasteiger partial charge in [-0.25, -0.2) is 0 Å². The highest BCUT2D eigenvalue weighted by Gasteiger charge is 2.06. The Morgan fingerprint density at radius 3 is 2.17 bits per heavy atom. The molecule has 0 radical (unpaired) electrons. The normalized spacial score (nSPS) is 11.8. The average Bonchev–Trinajstić information content (AvgIpc) is 2.33. The monoisotopic (exact) mass is 249 g/mol. The van der Waals surface area contributed by atoms with Crippen LogP contribution in [0.25, 0.3) is 0 Å². The Morgan fingerprint density at radius 2 is 1.61 bits per heavy atom. The number of aryl methyl sites for hydroxylation is 1. The van der Waals surface area contributed by atoms with Crippen molar-refractivity contribution in [3.8, 4) is 0 Å². The van der Waals surface area contributed by atoms with E-state index in [1.54, 1.807) is 0 Å². The summed E-state index contributed by atoms with van der Waals surface area (Å²) in [5.41, 5.74) is 2.93. The van der Waals surface area contributed by atoms with Gasteiger partial charge in [0, 0.05) is 12.1 Å². The van der Waals surface area contributed by atoms with Gasteiger partial charge in [-0.05, 0) is 44.7 Å². The summed E-state index contributed by atoms with van der Waals surface area (Å²) in [6, 6.07) is 8.82. The highest BCUT2D eigenvalue weighted by Crippen LogP contribution is 2.05. The molecule has 1 aromatic rings. The number of benzene rings is 1. The van der Waals surface area contributed by atoms with Crippen LogP contribution in [0.2, 0.25) is 0 Å². The molecule has 0 spiro atoms. The predicted molar refractivity (Wildman–Crippen MR) is 78.1 cm³/mol. The summed E-state index contributed by atoms with van der Waals surface area (Å²) in [7, 11) is 0. The molecule has 2 heteroatoms. The summed E-state index contributed by atoms with van der Waals surface area (Å²) in [5.74, 6) is 0. The van der Waals surface area contributed by atoms with Gasteiger partial charge in [0.05, 0.1) is 13.2 Å². The van der Waals surface area contributed by atoms with E-state index in [4.69, 9.17) is 4.74 Å². The minimum absolute atomic E-state index is 0.180. The summed E-state index contributed by atoms with van der Waals surface area (Å²) < 4.78 is 5.63. The first-order chi connectivity index (χ1) is 8.51. The summed E-state index contributed by atoms with van der Waals surface area (Å²) in [6.45, 7) is 11.2.